The lowest BCUT2D eigenvalue weighted by Gasteiger charge is -2.42. The molecule has 3 aliphatic rings. The van der Waals surface area contributed by atoms with E-state index < -0.39 is 0 Å². The molecule has 1 aromatic heterocycles. The van der Waals surface area contributed by atoms with E-state index in [4.69, 9.17) is 0 Å². The number of hydrogen-bond donors (Lipinski definition) is 0. The van der Waals surface area contributed by atoms with Crippen molar-refractivity contribution in [1.82, 2.24) is 19.4 Å². The third-order valence-corrected chi connectivity index (χ3v) is 6.88. The molecule has 142 valence electrons. The number of hydrogen-bond acceptors (Lipinski definition) is 3. The third kappa shape index (κ3) is 3.03. The number of likely N-dealkylation sites (tertiary alicyclic amines) is 2. The maximum absolute atomic E-state index is 13.2. The van der Waals surface area contributed by atoms with Gasteiger partial charge in [-0.15, -0.1) is 0 Å². The predicted octanol–water partition coefficient (Wildman–Crippen LogP) is 2.14. The number of carbonyl (C=O) groups is 2. The summed E-state index contributed by atoms with van der Waals surface area (Å²) in [6, 6.07) is 0. The number of imidazole rings is 1. The first-order valence-electron chi connectivity index (χ1n) is 10.0. The number of aromatic nitrogens is 2. The normalized spacial score (nSPS) is 26.6. The highest BCUT2D eigenvalue weighted by Gasteiger charge is 2.49. The van der Waals surface area contributed by atoms with Gasteiger partial charge in [0, 0.05) is 31.9 Å². The van der Waals surface area contributed by atoms with E-state index in [9.17, 15) is 9.59 Å². The summed E-state index contributed by atoms with van der Waals surface area (Å²) in [5, 5.41) is 0. The van der Waals surface area contributed by atoms with E-state index in [1.807, 2.05) is 23.3 Å². The first-order chi connectivity index (χ1) is 12.5. The van der Waals surface area contributed by atoms with Gasteiger partial charge in [-0.3, -0.25) is 9.59 Å². The second kappa shape index (κ2) is 6.71. The van der Waals surface area contributed by atoms with Gasteiger partial charge in [-0.05, 0) is 51.9 Å². The Kier molecular flexibility index (Phi) is 4.53. The zero-order chi connectivity index (χ0) is 18.3. The molecule has 1 aliphatic carbocycles. The molecule has 2 saturated heterocycles. The minimum absolute atomic E-state index is 0.103. The summed E-state index contributed by atoms with van der Waals surface area (Å²) in [7, 11) is 0. The van der Waals surface area contributed by atoms with Crippen LogP contribution in [0.1, 0.15) is 49.9 Å². The van der Waals surface area contributed by atoms with Crippen LogP contribution in [0.2, 0.25) is 0 Å². The summed E-state index contributed by atoms with van der Waals surface area (Å²) in [6.45, 7) is 7.40. The molecule has 0 N–H and O–H groups in total. The third-order valence-electron chi connectivity index (χ3n) is 6.88. The lowest BCUT2D eigenvalue weighted by Crippen LogP contribution is -2.52. The number of nitrogens with zero attached hydrogens (tertiary/aromatic N) is 4. The van der Waals surface area contributed by atoms with Crippen LogP contribution in [0.15, 0.2) is 6.33 Å². The van der Waals surface area contributed by atoms with E-state index in [0.29, 0.717) is 31.5 Å². The van der Waals surface area contributed by atoms with Gasteiger partial charge >= 0.3 is 0 Å². The smallest absolute Gasteiger partial charge is 0.242 e. The van der Waals surface area contributed by atoms with Gasteiger partial charge in [0.2, 0.25) is 11.8 Å². The standard InChI is InChI=1S/C20H30N4O2/c1-15-16(2)24(14-21-15)12-18(25)23-10-8-20(13-23)7-4-9-22(19(20)26)11-17-5-3-6-17/h14,17H,3-13H2,1-2H3. The molecule has 26 heavy (non-hydrogen) atoms. The first-order valence-corrected chi connectivity index (χ1v) is 10.0. The highest BCUT2D eigenvalue weighted by molar-refractivity contribution is 5.86. The van der Waals surface area contributed by atoms with Crippen LogP contribution in [0.25, 0.3) is 0 Å². The lowest BCUT2D eigenvalue weighted by atomic mass is 9.77. The Morgan fingerprint density at radius 3 is 2.69 bits per heavy atom. The second-order valence-corrected chi connectivity index (χ2v) is 8.54. The van der Waals surface area contributed by atoms with Crippen LogP contribution in [0.4, 0.5) is 0 Å². The van der Waals surface area contributed by atoms with E-state index >= 15 is 0 Å². The lowest BCUT2D eigenvalue weighted by molar-refractivity contribution is -0.147. The van der Waals surface area contributed by atoms with Crippen LogP contribution in [-0.2, 0) is 16.1 Å². The Balaban J connectivity index is 1.40. The summed E-state index contributed by atoms with van der Waals surface area (Å²) in [5.74, 6) is 1.12. The molecule has 1 atom stereocenters. The van der Waals surface area contributed by atoms with Gasteiger partial charge in [0.25, 0.3) is 0 Å². The van der Waals surface area contributed by atoms with E-state index in [2.05, 4.69) is 9.88 Å². The van der Waals surface area contributed by atoms with Crippen molar-refractivity contribution in [2.24, 2.45) is 11.3 Å². The Labute approximate surface area is 155 Å². The number of rotatable bonds is 4. The summed E-state index contributed by atoms with van der Waals surface area (Å²) in [5.41, 5.74) is 1.68. The highest BCUT2D eigenvalue weighted by atomic mass is 16.2. The van der Waals surface area contributed by atoms with Crippen LogP contribution in [-0.4, -0.2) is 57.3 Å². The van der Waals surface area contributed by atoms with Crippen molar-refractivity contribution < 1.29 is 9.59 Å². The van der Waals surface area contributed by atoms with Gasteiger partial charge in [-0.25, -0.2) is 4.98 Å². The number of piperidine rings is 1. The zero-order valence-corrected chi connectivity index (χ0v) is 16.0. The van der Waals surface area contributed by atoms with Gasteiger partial charge in [0.15, 0.2) is 0 Å². The molecule has 6 nitrogen and oxygen atoms in total. The molecule has 3 fully saturated rings. The maximum atomic E-state index is 13.2. The van der Waals surface area contributed by atoms with E-state index in [0.717, 1.165) is 43.7 Å². The average Bonchev–Trinajstić information content (AvgIpc) is 3.15. The molecule has 1 unspecified atom stereocenters. The van der Waals surface area contributed by atoms with Crippen molar-refractivity contribution in [2.45, 2.75) is 58.9 Å². The fourth-order valence-electron chi connectivity index (χ4n) is 4.73. The van der Waals surface area contributed by atoms with E-state index in [1.54, 1.807) is 6.33 Å². The van der Waals surface area contributed by atoms with Gasteiger partial charge < -0.3 is 14.4 Å². The Bertz CT molecular complexity index is 709. The number of carbonyl (C=O) groups excluding carboxylic acids is 2. The van der Waals surface area contributed by atoms with Gasteiger partial charge in [-0.1, -0.05) is 6.42 Å². The largest absolute Gasteiger partial charge is 0.342 e. The van der Waals surface area contributed by atoms with Crippen molar-refractivity contribution in [2.75, 3.05) is 26.2 Å². The summed E-state index contributed by atoms with van der Waals surface area (Å²) in [6.07, 6.45) is 8.41. The van der Waals surface area contributed by atoms with Crippen LogP contribution >= 0.6 is 0 Å². The molecule has 0 aromatic carbocycles. The highest BCUT2D eigenvalue weighted by Crippen LogP contribution is 2.41. The molecule has 1 aromatic rings. The fourth-order valence-corrected chi connectivity index (χ4v) is 4.73. The van der Waals surface area contributed by atoms with Crippen LogP contribution in [0.3, 0.4) is 0 Å². The summed E-state index contributed by atoms with van der Waals surface area (Å²) < 4.78 is 1.91. The Hall–Kier alpha value is -1.85. The average molecular weight is 358 g/mol. The molecule has 1 saturated carbocycles. The molecule has 1 spiro atoms. The molecular weight excluding hydrogens is 328 g/mol. The number of aryl methyl sites for hydroxylation is 1. The van der Waals surface area contributed by atoms with Crippen molar-refractivity contribution in [3.05, 3.63) is 17.7 Å². The van der Waals surface area contributed by atoms with E-state index in [1.165, 1.54) is 19.3 Å². The van der Waals surface area contributed by atoms with Crippen LogP contribution < -0.4 is 0 Å². The van der Waals surface area contributed by atoms with Gasteiger partial charge in [0.1, 0.15) is 6.54 Å². The van der Waals surface area contributed by atoms with E-state index in [-0.39, 0.29) is 11.3 Å². The van der Waals surface area contributed by atoms with Gasteiger partial charge in [0.05, 0.1) is 17.4 Å². The topological polar surface area (TPSA) is 58.4 Å². The van der Waals surface area contributed by atoms with Crippen molar-refractivity contribution in [3.63, 3.8) is 0 Å². The van der Waals surface area contributed by atoms with Crippen LogP contribution in [0.5, 0.6) is 0 Å². The van der Waals surface area contributed by atoms with Gasteiger partial charge in [-0.2, -0.15) is 0 Å². The summed E-state index contributed by atoms with van der Waals surface area (Å²) in [4.78, 5) is 34.2. The zero-order valence-electron chi connectivity index (χ0n) is 16.0. The molecule has 2 amide bonds. The maximum Gasteiger partial charge on any atom is 0.242 e. The first kappa shape index (κ1) is 17.6. The molecular formula is C20H30N4O2. The minimum atomic E-state index is -0.322. The molecule has 3 heterocycles. The fraction of sp³-hybridized carbons (Fsp3) is 0.750. The molecule has 0 radical (unpaired) electrons. The van der Waals surface area contributed by atoms with Crippen molar-refractivity contribution in [3.8, 4) is 0 Å². The number of amides is 2. The van der Waals surface area contributed by atoms with Crippen LogP contribution in [0, 0.1) is 25.2 Å². The summed E-state index contributed by atoms with van der Waals surface area (Å²) >= 11 is 0. The van der Waals surface area contributed by atoms with Crippen molar-refractivity contribution >= 4 is 11.8 Å². The molecule has 4 rings (SSSR count). The Morgan fingerprint density at radius 2 is 2.04 bits per heavy atom. The molecule has 6 heteroatoms. The van der Waals surface area contributed by atoms with Crippen molar-refractivity contribution in [1.29, 1.82) is 0 Å². The molecule has 0 bridgehead atoms. The predicted molar refractivity (Wildman–Crippen MR) is 98.5 cm³/mol. The second-order valence-electron chi connectivity index (χ2n) is 8.54. The Morgan fingerprint density at radius 1 is 1.23 bits per heavy atom. The molecule has 2 aliphatic heterocycles. The monoisotopic (exact) mass is 358 g/mol. The quantitative estimate of drug-likeness (QED) is 0.829. The minimum Gasteiger partial charge on any atom is -0.342 e. The SMILES string of the molecule is Cc1ncn(CC(=O)N2CCC3(CCCN(CC4CCC4)C3=O)C2)c1C.